The molecule has 1 aliphatic heterocycles. The maximum absolute atomic E-state index is 12.2. The van der Waals surface area contributed by atoms with Gasteiger partial charge in [-0.15, -0.1) is 23.7 Å². The van der Waals surface area contributed by atoms with Crippen LogP contribution in [-0.4, -0.2) is 60.0 Å². The lowest BCUT2D eigenvalue weighted by atomic mass is 10.2. The first-order chi connectivity index (χ1) is 12.6. The highest BCUT2D eigenvalue weighted by molar-refractivity contribution is 7.13. The number of nitro benzene ring substituents is 1. The molecule has 146 valence electrons. The number of hydrogen-bond donors (Lipinski definition) is 2. The molecular weight excluding hydrogens is 390 g/mol. The lowest BCUT2D eigenvalue weighted by Crippen LogP contribution is -2.44. The Kier molecular flexibility index (Phi) is 8.11. The van der Waals surface area contributed by atoms with Crippen molar-refractivity contribution in [2.75, 3.05) is 39.3 Å². The summed E-state index contributed by atoms with van der Waals surface area (Å²) in [6.45, 7) is 5.75. The van der Waals surface area contributed by atoms with E-state index in [1.807, 2.05) is 0 Å². The van der Waals surface area contributed by atoms with Crippen molar-refractivity contribution < 1.29 is 9.72 Å². The summed E-state index contributed by atoms with van der Waals surface area (Å²) < 4.78 is 0. The molecule has 1 fully saturated rings. The third kappa shape index (κ3) is 5.96. The molecule has 0 spiro atoms. The smallest absolute Gasteiger partial charge is 0.270 e. The zero-order chi connectivity index (χ0) is 18.4. The van der Waals surface area contributed by atoms with Gasteiger partial charge in [-0.3, -0.25) is 14.9 Å². The lowest BCUT2D eigenvalue weighted by molar-refractivity contribution is -0.384. The molecule has 0 aliphatic carbocycles. The van der Waals surface area contributed by atoms with Crippen LogP contribution in [-0.2, 0) is 0 Å². The molecule has 1 aromatic carbocycles. The number of hydrogen-bond acceptors (Lipinski definition) is 7. The second-order valence-electron chi connectivity index (χ2n) is 6.04. The van der Waals surface area contributed by atoms with Gasteiger partial charge in [-0.25, -0.2) is 4.98 Å². The number of amides is 1. The minimum atomic E-state index is -0.440. The fraction of sp³-hybridized carbons (Fsp3) is 0.412. The summed E-state index contributed by atoms with van der Waals surface area (Å²) >= 11 is 1.35. The van der Waals surface area contributed by atoms with Gasteiger partial charge in [-0.2, -0.15) is 0 Å². The van der Waals surface area contributed by atoms with Crippen molar-refractivity contribution in [2.24, 2.45) is 0 Å². The number of piperazine rings is 1. The van der Waals surface area contributed by atoms with E-state index in [1.165, 1.54) is 23.5 Å². The van der Waals surface area contributed by atoms with E-state index >= 15 is 0 Å². The number of nitro groups is 1. The van der Waals surface area contributed by atoms with Crippen LogP contribution in [0.15, 0.2) is 29.6 Å². The van der Waals surface area contributed by atoms with Crippen molar-refractivity contribution in [1.82, 2.24) is 20.5 Å². The van der Waals surface area contributed by atoms with Gasteiger partial charge in [-0.1, -0.05) is 0 Å². The number of nitrogens with one attached hydrogen (secondary N) is 2. The Morgan fingerprint density at radius 1 is 1.30 bits per heavy atom. The highest BCUT2D eigenvalue weighted by Gasteiger charge is 2.13. The van der Waals surface area contributed by atoms with Crippen LogP contribution in [0.2, 0.25) is 0 Å². The highest BCUT2D eigenvalue weighted by Crippen LogP contribution is 2.25. The van der Waals surface area contributed by atoms with Gasteiger partial charge in [0.2, 0.25) is 0 Å². The molecule has 0 radical (unpaired) electrons. The minimum absolute atomic E-state index is 0. The average Bonchev–Trinajstić information content (AvgIpc) is 3.16. The lowest BCUT2D eigenvalue weighted by Gasteiger charge is -2.26. The second kappa shape index (κ2) is 10.3. The fourth-order valence-corrected chi connectivity index (χ4v) is 3.57. The third-order valence-electron chi connectivity index (χ3n) is 4.21. The Labute approximate surface area is 167 Å². The molecule has 0 bridgehead atoms. The summed E-state index contributed by atoms with van der Waals surface area (Å²) in [5, 5.41) is 19.3. The Balaban J connectivity index is 0.00000261. The summed E-state index contributed by atoms with van der Waals surface area (Å²) in [5.41, 5.74) is 1.18. The van der Waals surface area contributed by atoms with Crippen LogP contribution < -0.4 is 10.6 Å². The molecule has 1 aliphatic rings. The number of non-ortho nitro benzene ring substituents is 1. The largest absolute Gasteiger partial charge is 0.351 e. The topological polar surface area (TPSA) is 100 Å². The number of nitrogens with zero attached hydrogens (tertiary/aromatic N) is 3. The molecule has 27 heavy (non-hydrogen) atoms. The number of carbonyl (C=O) groups is 1. The van der Waals surface area contributed by atoms with Gasteiger partial charge in [0.05, 0.1) is 4.92 Å². The zero-order valence-electron chi connectivity index (χ0n) is 14.7. The van der Waals surface area contributed by atoms with E-state index in [9.17, 15) is 14.9 Å². The van der Waals surface area contributed by atoms with E-state index in [2.05, 4.69) is 20.5 Å². The predicted molar refractivity (Wildman–Crippen MR) is 108 cm³/mol. The van der Waals surface area contributed by atoms with Gasteiger partial charge in [-0.05, 0) is 25.1 Å². The van der Waals surface area contributed by atoms with Gasteiger partial charge in [0.1, 0.15) is 10.7 Å². The van der Waals surface area contributed by atoms with Crippen LogP contribution >= 0.6 is 23.7 Å². The molecule has 0 atom stereocenters. The highest BCUT2D eigenvalue weighted by atomic mass is 35.5. The van der Waals surface area contributed by atoms with Crippen molar-refractivity contribution >= 4 is 35.3 Å². The van der Waals surface area contributed by atoms with E-state index in [-0.39, 0.29) is 24.0 Å². The Bertz CT molecular complexity index is 762. The van der Waals surface area contributed by atoms with Crippen LogP contribution in [0.4, 0.5) is 5.69 Å². The van der Waals surface area contributed by atoms with E-state index in [4.69, 9.17) is 0 Å². The summed E-state index contributed by atoms with van der Waals surface area (Å²) in [6, 6.07) is 6.16. The molecule has 2 aromatic rings. The van der Waals surface area contributed by atoms with Gasteiger partial charge in [0.25, 0.3) is 11.6 Å². The summed E-state index contributed by atoms with van der Waals surface area (Å²) in [4.78, 5) is 29.2. The summed E-state index contributed by atoms with van der Waals surface area (Å²) in [6.07, 6.45) is 0.908. The third-order valence-corrected chi connectivity index (χ3v) is 5.10. The van der Waals surface area contributed by atoms with Crippen molar-refractivity contribution in [3.8, 4) is 10.6 Å². The molecule has 10 heteroatoms. The predicted octanol–water partition coefficient (Wildman–Crippen LogP) is 2.17. The van der Waals surface area contributed by atoms with Crippen LogP contribution in [0.3, 0.4) is 0 Å². The molecule has 1 amide bonds. The maximum Gasteiger partial charge on any atom is 0.270 e. The zero-order valence-corrected chi connectivity index (χ0v) is 16.4. The van der Waals surface area contributed by atoms with Crippen LogP contribution in [0, 0.1) is 10.1 Å². The Hall–Kier alpha value is -2.07. The molecule has 0 unspecified atom stereocenters. The van der Waals surface area contributed by atoms with Gasteiger partial charge >= 0.3 is 0 Å². The SMILES string of the molecule is Cl.O=C(NCCCN1CCNCC1)c1csc(-c2ccc([N+](=O)[O-])cc2)n1. The van der Waals surface area contributed by atoms with Crippen molar-refractivity contribution in [1.29, 1.82) is 0 Å². The summed E-state index contributed by atoms with van der Waals surface area (Å²) in [7, 11) is 0. The second-order valence-corrected chi connectivity index (χ2v) is 6.90. The van der Waals surface area contributed by atoms with Crippen molar-refractivity contribution in [2.45, 2.75) is 6.42 Å². The number of carbonyl (C=O) groups excluding carboxylic acids is 1. The number of benzene rings is 1. The van der Waals surface area contributed by atoms with Gasteiger partial charge < -0.3 is 15.5 Å². The fourth-order valence-electron chi connectivity index (χ4n) is 2.77. The molecule has 0 saturated carbocycles. The van der Waals surface area contributed by atoms with Crippen LogP contribution in [0.1, 0.15) is 16.9 Å². The van der Waals surface area contributed by atoms with Crippen molar-refractivity contribution in [3.63, 3.8) is 0 Å². The Morgan fingerprint density at radius 3 is 2.67 bits per heavy atom. The number of halogens is 1. The van der Waals surface area contributed by atoms with Crippen LogP contribution in [0.25, 0.3) is 10.6 Å². The molecule has 8 nitrogen and oxygen atoms in total. The first kappa shape index (κ1) is 21.2. The van der Waals surface area contributed by atoms with Crippen LogP contribution in [0.5, 0.6) is 0 Å². The quantitative estimate of drug-likeness (QED) is 0.411. The summed E-state index contributed by atoms with van der Waals surface area (Å²) in [5.74, 6) is -0.185. The number of aromatic nitrogens is 1. The number of rotatable bonds is 7. The molecule has 3 rings (SSSR count). The molecule has 2 N–H and O–H groups in total. The number of thiazole rings is 1. The Morgan fingerprint density at radius 2 is 2.00 bits per heavy atom. The van der Waals surface area contributed by atoms with Gasteiger partial charge in [0.15, 0.2) is 0 Å². The van der Waals surface area contributed by atoms with Gasteiger partial charge in [0, 0.05) is 55.8 Å². The molecule has 1 aromatic heterocycles. The van der Waals surface area contributed by atoms with E-state index in [1.54, 1.807) is 17.5 Å². The molecule has 1 saturated heterocycles. The monoisotopic (exact) mass is 411 g/mol. The van der Waals surface area contributed by atoms with Crippen molar-refractivity contribution in [3.05, 3.63) is 45.5 Å². The first-order valence-electron chi connectivity index (χ1n) is 8.55. The average molecular weight is 412 g/mol. The van der Waals surface area contributed by atoms with E-state index in [0.29, 0.717) is 17.2 Å². The maximum atomic E-state index is 12.2. The normalized spacial score (nSPS) is 14.4. The van der Waals surface area contributed by atoms with E-state index in [0.717, 1.165) is 44.7 Å². The minimum Gasteiger partial charge on any atom is -0.351 e. The van der Waals surface area contributed by atoms with E-state index < -0.39 is 4.92 Å². The standard InChI is InChI=1S/C17H21N5O3S.ClH/c23-16(19-6-1-9-21-10-7-18-8-11-21)15-12-26-17(20-15)13-2-4-14(5-3-13)22(24)25;/h2-5,12,18H,1,6-11H2,(H,19,23);1H. The molecular formula is C17H22ClN5O3S. The first-order valence-corrected chi connectivity index (χ1v) is 9.43. The molecule has 2 heterocycles.